The first-order chi connectivity index (χ1) is 14.1. The van der Waals surface area contributed by atoms with Crippen molar-refractivity contribution in [1.29, 1.82) is 0 Å². The van der Waals surface area contributed by atoms with Gasteiger partial charge in [0, 0.05) is 28.9 Å². The molecule has 2 aliphatic heterocycles. The van der Waals surface area contributed by atoms with Crippen molar-refractivity contribution in [1.82, 2.24) is 9.88 Å². The molecule has 5 nitrogen and oxygen atoms in total. The molecule has 5 heteroatoms. The Morgan fingerprint density at radius 3 is 2.97 bits per heavy atom. The molecular formula is C24H24N2O3. The molecule has 1 saturated heterocycles. The zero-order valence-corrected chi connectivity index (χ0v) is 16.4. The molecule has 2 bridgehead atoms. The first kappa shape index (κ1) is 16.3. The Labute approximate surface area is 168 Å². The van der Waals surface area contributed by atoms with E-state index in [0.29, 0.717) is 12.2 Å². The second-order valence-corrected chi connectivity index (χ2v) is 9.18. The monoisotopic (exact) mass is 388 g/mol. The van der Waals surface area contributed by atoms with Crippen molar-refractivity contribution in [3.05, 3.63) is 58.8 Å². The zero-order chi connectivity index (χ0) is 19.5. The van der Waals surface area contributed by atoms with Crippen LogP contribution in [0.25, 0.3) is 10.9 Å². The molecule has 0 unspecified atom stereocenters. The van der Waals surface area contributed by atoms with E-state index in [0.717, 1.165) is 42.7 Å². The van der Waals surface area contributed by atoms with Crippen LogP contribution in [0, 0.1) is 0 Å². The Hall–Kier alpha value is -2.50. The Morgan fingerprint density at radius 2 is 2.10 bits per heavy atom. The minimum atomic E-state index is -0.921. The van der Waals surface area contributed by atoms with Gasteiger partial charge in [-0.25, -0.2) is 0 Å². The highest BCUT2D eigenvalue weighted by atomic mass is 16.5. The molecule has 1 spiro atoms. The lowest BCUT2D eigenvalue weighted by Crippen LogP contribution is -2.74. The number of rotatable bonds is 1. The van der Waals surface area contributed by atoms with E-state index >= 15 is 0 Å². The molecule has 3 heterocycles. The third-order valence-electron chi connectivity index (χ3n) is 8.29. The average Bonchev–Trinajstić information content (AvgIpc) is 3.25. The molecule has 0 saturated carbocycles. The Kier molecular flexibility index (Phi) is 2.80. The lowest BCUT2D eigenvalue weighted by Gasteiger charge is -2.62. The number of para-hydroxylation sites is 1. The summed E-state index contributed by atoms with van der Waals surface area (Å²) in [6.45, 7) is 4.05. The van der Waals surface area contributed by atoms with Crippen molar-refractivity contribution >= 4 is 10.9 Å². The van der Waals surface area contributed by atoms with Crippen molar-refractivity contribution in [2.24, 2.45) is 0 Å². The number of phenolic OH excluding ortho intramolecular Hbond substituents is 1. The number of benzene rings is 2. The fourth-order valence-electron chi connectivity index (χ4n) is 7.10. The Morgan fingerprint density at radius 1 is 1.24 bits per heavy atom. The van der Waals surface area contributed by atoms with Crippen molar-refractivity contribution in [3.8, 4) is 11.5 Å². The van der Waals surface area contributed by atoms with E-state index < -0.39 is 11.0 Å². The smallest absolute Gasteiger partial charge is 0.166 e. The molecule has 7 rings (SSSR count). The molecule has 0 radical (unpaired) electrons. The van der Waals surface area contributed by atoms with E-state index in [9.17, 15) is 10.2 Å². The minimum absolute atomic E-state index is 0.0529. The first-order valence-electron chi connectivity index (χ1n) is 10.7. The van der Waals surface area contributed by atoms with E-state index in [4.69, 9.17) is 4.74 Å². The summed E-state index contributed by atoms with van der Waals surface area (Å²) in [5, 5.41) is 24.3. The number of ether oxygens (including phenoxy) is 1. The van der Waals surface area contributed by atoms with Crippen molar-refractivity contribution in [3.63, 3.8) is 0 Å². The Bertz CT molecular complexity index is 1200. The van der Waals surface area contributed by atoms with E-state index in [-0.39, 0.29) is 17.9 Å². The normalized spacial score (nSPS) is 34.0. The quantitative estimate of drug-likeness (QED) is 0.599. The van der Waals surface area contributed by atoms with Gasteiger partial charge in [0.15, 0.2) is 17.6 Å². The van der Waals surface area contributed by atoms with E-state index in [2.05, 4.69) is 35.0 Å². The predicted octanol–water partition coefficient (Wildman–Crippen LogP) is 3.18. The molecule has 0 amide bonds. The predicted molar refractivity (Wildman–Crippen MR) is 109 cm³/mol. The lowest BCUT2D eigenvalue weighted by atomic mass is 9.49. The van der Waals surface area contributed by atoms with Gasteiger partial charge in [0.2, 0.25) is 0 Å². The van der Waals surface area contributed by atoms with Crippen LogP contribution in [0.4, 0.5) is 0 Å². The number of nitrogens with one attached hydrogen (secondary N) is 1. The van der Waals surface area contributed by atoms with Crippen LogP contribution in [-0.4, -0.2) is 44.8 Å². The number of aromatic nitrogens is 1. The highest BCUT2D eigenvalue weighted by Crippen LogP contribution is 2.68. The van der Waals surface area contributed by atoms with Crippen LogP contribution < -0.4 is 4.74 Å². The second-order valence-electron chi connectivity index (χ2n) is 9.18. The molecule has 1 fully saturated rings. The summed E-state index contributed by atoms with van der Waals surface area (Å²) in [7, 11) is 0. The number of likely N-dealkylation sites (N-methyl/N-ethyl adjacent to an activating group) is 1. The van der Waals surface area contributed by atoms with Gasteiger partial charge in [-0.15, -0.1) is 0 Å². The number of fused-ring (bicyclic) bond motifs is 4. The van der Waals surface area contributed by atoms with Gasteiger partial charge in [-0.3, -0.25) is 4.90 Å². The number of piperidine rings is 1. The summed E-state index contributed by atoms with van der Waals surface area (Å²) in [6.07, 6.45) is 1.94. The lowest BCUT2D eigenvalue weighted by molar-refractivity contribution is -0.171. The number of hydrogen-bond acceptors (Lipinski definition) is 4. The third-order valence-corrected chi connectivity index (χ3v) is 8.29. The number of aliphatic hydroxyl groups is 1. The summed E-state index contributed by atoms with van der Waals surface area (Å²) >= 11 is 0. The van der Waals surface area contributed by atoms with E-state index in [1.54, 1.807) is 6.07 Å². The SMILES string of the molecule is CCN1CC[C@]23c4c5ccc(O)c4O[C@H]2c2[nH]c4ccccc4c2C[C@@]3(O)[C@@H]1C5. The maximum absolute atomic E-state index is 12.5. The highest BCUT2D eigenvalue weighted by Gasteiger charge is 2.72. The van der Waals surface area contributed by atoms with Gasteiger partial charge in [-0.05, 0) is 49.2 Å². The van der Waals surface area contributed by atoms with Crippen LogP contribution in [0.3, 0.4) is 0 Å². The van der Waals surface area contributed by atoms with Gasteiger partial charge >= 0.3 is 0 Å². The number of hydrogen-bond donors (Lipinski definition) is 3. The van der Waals surface area contributed by atoms with Crippen LogP contribution in [0.1, 0.15) is 41.8 Å². The number of nitrogens with zero attached hydrogens (tertiary/aromatic N) is 1. The maximum atomic E-state index is 12.5. The molecular weight excluding hydrogens is 364 g/mol. The maximum Gasteiger partial charge on any atom is 0.166 e. The molecule has 3 aromatic rings. The van der Waals surface area contributed by atoms with Gasteiger partial charge in [-0.1, -0.05) is 31.2 Å². The van der Waals surface area contributed by atoms with E-state index in [1.807, 2.05) is 12.1 Å². The molecule has 148 valence electrons. The summed E-state index contributed by atoms with van der Waals surface area (Å²) in [4.78, 5) is 6.06. The molecule has 29 heavy (non-hydrogen) atoms. The largest absolute Gasteiger partial charge is 0.504 e. The summed E-state index contributed by atoms with van der Waals surface area (Å²) < 4.78 is 6.54. The standard InChI is InChI=1S/C24H24N2O3/c1-2-26-10-9-23-19-13-7-8-17(27)21(19)29-22(23)20-15(12-24(23,28)18(26)11-13)14-5-3-4-6-16(14)25-20/h3-8,18,22,25,27-28H,2,9-12H2,1H3/t18-,22-,23-,24+/m0/s1. The summed E-state index contributed by atoms with van der Waals surface area (Å²) in [5.74, 6) is 0.768. The van der Waals surface area contributed by atoms with Gasteiger partial charge < -0.3 is 19.9 Å². The highest BCUT2D eigenvalue weighted by molar-refractivity contribution is 5.86. The van der Waals surface area contributed by atoms with Crippen LogP contribution in [0.2, 0.25) is 0 Å². The fourth-order valence-corrected chi connectivity index (χ4v) is 7.10. The number of phenols is 1. The number of aromatic amines is 1. The topological polar surface area (TPSA) is 68.7 Å². The molecule has 2 aromatic carbocycles. The third kappa shape index (κ3) is 1.61. The first-order valence-corrected chi connectivity index (χ1v) is 10.7. The van der Waals surface area contributed by atoms with Crippen molar-refractivity contribution in [2.45, 2.75) is 49.3 Å². The van der Waals surface area contributed by atoms with Crippen LogP contribution >= 0.6 is 0 Å². The summed E-state index contributed by atoms with van der Waals surface area (Å²) in [6, 6.07) is 12.2. The van der Waals surface area contributed by atoms with Crippen LogP contribution in [0.5, 0.6) is 11.5 Å². The molecule has 2 aliphatic carbocycles. The van der Waals surface area contributed by atoms with E-state index in [1.165, 1.54) is 16.5 Å². The molecule has 1 aromatic heterocycles. The number of H-pyrrole nitrogens is 1. The van der Waals surface area contributed by atoms with Crippen molar-refractivity contribution < 1.29 is 14.9 Å². The van der Waals surface area contributed by atoms with Gasteiger partial charge in [0.25, 0.3) is 0 Å². The minimum Gasteiger partial charge on any atom is -0.504 e. The second kappa shape index (κ2) is 4.97. The summed E-state index contributed by atoms with van der Waals surface area (Å²) in [5.41, 5.74) is 4.16. The van der Waals surface area contributed by atoms with Crippen molar-refractivity contribution in [2.75, 3.05) is 13.1 Å². The van der Waals surface area contributed by atoms with Gasteiger partial charge in [0.1, 0.15) is 0 Å². The molecule has 4 atom stereocenters. The van der Waals surface area contributed by atoms with Gasteiger partial charge in [0.05, 0.1) is 16.7 Å². The van der Waals surface area contributed by atoms with Crippen LogP contribution in [-0.2, 0) is 18.3 Å². The number of aromatic hydroxyl groups is 1. The fraction of sp³-hybridized carbons (Fsp3) is 0.417. The average molecular weight is 388 g/mol. The van der Waals surface area contributed by atoms with Gasteiger partial charge in [-0.2, -0.15) is 0 Å². The molecule has 4 aliphatic rings. The van der Waals surface area contributed by atoms with Crippen LogP contribution in [0.15, 0.2) is 36.4 Å². The molecule has 3 N–H and O–H groups in total. The Balaban J connectivity index is 1.60. The zero-order valence-electron chi connectivity index (χ0n) is 16.4. The number of likely N-dealkylation sites (tertiary alicyclic amines) is 1.